The van der Waals surface area contributed by atoms with Crippen LogP contribution in [-0.2, 0) is 0 Å². The van der Waals surface area contributed by atoms with E-state index < -0.39 is 0 Å². The maximum Gasteiger partial charge on any atom is 0.256 e. The summed E-state index contributed by atoms with van der Waals surface area (Å²) in [4.78, 5) is 22.3. The van der Waals surface area contributed by atoms with Gasteiger partial charge in [0.2, 0.25) is 0 Å². The molecule has 5 heteroatoms. The lowest BCUT2D eigenvalue weighted by molar-refractivity contribution is 0.476. The monoisotopic (exact) mass is 253 g/mol. The molecule has 3 aromatic heterocycles. The molecule has 0 fully saturated rings. The maximum atomic E-state index is 11.5. The second-order valence-electron chi connectivity index (χ2n) is 4.28. The number of pyridine rings is 3. The van der Waals surface area contributed by atoms with Gasteiger partial charge in [0.1, 0.15) is 11.4 Å². The Hall–Kier alpha value is -2.69. The Morgan fingerprint density at radius 2 is 1.95 bits per heavy atom. The number of nitrogens with one attached hydrogen (secondary N) is 1. The van der Waals surface area contributed by atoms with Crippen molar-refractivity contribution in [3.05, 3.63) is 52.7 Å². The van der Waals surface area contributed by atoms with Crippen LogP contribution in [-0.4, -0.2) is 20.1 Å². The number of rotatable bonds is 1. The molecule has 19 heavy (non-hydrogen) atoms. The van der Waals surface area contributed by atoms with Gasteiger partial charge in [-0.1, -0.05) is 0 Å². The van der Waals surface area contributed by atoms with Crippen LogP contribution in [0, 0.1) is 6.92 Å². The fraction of sp³-hybridized carbons (Fsp3) is 0.0714. The zero-order chi connectivity index (χ0) is 13.4. The molecule has 3 aromatic rings. The van der Waals surface area contributed by atoms with E-state index in [1.54, 1.807) is 31.6 Å². The third kappa shape index (κ3) is 1.85. The van der Waals surface area contributed by atoms with Crippen LogP contribution in [0.2, 0.25) is 0 Å². The van der Waals surface area contributed by atoms with E-state index in [0.717, 1.165) is 11.1 Å². The van der Waals surface area contributed by atoms with E-state index in [1.807, 2.05) is 12.1 Å². The van der Waals surface area contributed by atoms with Crippen molar-refractivity contribution in [2.24, 2.45) is 0 Å². The Morgan fingerprint density at radius 3 is 2.68 bits per heavy atom. The lowest BCUT2D eigenvalue weighted by Crippen LogP contribution is -2.10. The normalized spacial score (nSPS) is 10.8. The molecule has 94 valence electrons. The van der Waals surface area contributed by atoms with Gasteiger partial charge in [-0.25, -0.2) is 4.98 Å². The largest absolute Gasteiger partial charge is 0.507 e. The highest BCUT2D eigenvalue weighted by molar-refractivity contribution is 5.86. The van der Waals surface area contributed by atoms with Crippen LogP contribution >= 0.6 is 0 Å². The maximum absolute atomic E-state index is 11.5. The SMILES string of the molecule is Cc1c(O)c2cc(-c3ccncc3)cnc2[nH]c1=O. The molecular formula is C14H11N3O2. The summed E-state index contributed by atoms with van der Waals surface area (Å²) in [7, 11) is 0. The summed E-state index contributed by atoms with van der Waals surface area (Å²) in [5.74, 6) is -0.0258. The van der Waals surface area contributed by atoms with Gasteiger partial charge in [0, 0.05) is 24.2 Å². The quantitative estimate of drug-likeness (QED) is 0.695. The number of hydrogen-bond acceptors (Lipinski definition) is 4. The van der Waals surface area contributed by atoms with Crippen LogP contribution in [0.3, 0.4) is 0 Å². The van der Waals surface area contributed by atoms with Crippen molar-refractivity contribution in [1.82, 2.24) is 15.0 Å². The molecule has 0 amide bonds. The van der Waals surface area contributed by atoms with Crippen LogP contribution in [0.5, 0.6) is 5.75 Å². The third-order valence-corrected chi connectivity index (χ3v) is 3.08. The number of aromatic hydroxyl groups is 1. The minimum atomic E-state index is -0.325. The van der Waals surface area contributed by atoms with Crippen molar-refractivity contribution >= 4 is 11.0 Å². The molecule has 0 saturated heterocycles. The van der Waals surface area contributed by atoms with Gasteiger partial charge in [-0.3, -0.25) is 9.78 Å². The molecule has 0 radical (unpaired) electrons. The summed E-state index contributed by atoms with van der Waals surface area (Å²) in [5, 5.41) is 10.6. The number of nitrogens with zero attached hydrogens (tertiary/aromatic N) is 2. The molecule has 2 N–H and O–H groups in total. The molecule has 0 bridgehead atoms. The number of H-pyrrole nitrogens is 1. The van der Waals surface area contributed by atoms with E-state index >= 15 is 0 Å². The fourth-order valence-corrected chi connectivity index (χ4v) is 1.96. The standard InChI is InChI=1S/C14H11N3O2/c1-8-12(18)11-6-10(9-2-4-15-5-3-9)7-16-13(11)17-14(8)19/h2-7H,1H3,(H2,16,17,18,19). The summed E-state index contributed by atoms with van der Waals surface area (Å²) < 4.78 is 0. The first-order valence-corrected chi connectivity index (χ1v) is 5.79. The predicted octanol–water partition coefficient (Wildman–Crippen LogP) is 2.00. The van der Waals surface area contributed by atoms with Crippen LogP contribution in [0.15, 0.2) is 41.6 Å². The second kappa shape index (κ2) is 4.20. The molecular weight excluding hydrogens is 242 g/mol. The molecule has 0 aliphatic carbocycles. The number of fused-ring (bicyclic) bond motifs is 1. The zero-order valence-electron chi connectivity index (χ0n) is 10.2. The molecule has 0 atom stereocenters. The average Bonchev–Trinajstić information content (AvgIpc) is 2.46. The van der Waals surface area contributed by atoms with E-state index in [0.29, 0.717) is 16.6 Å². The van der Waals surface area contributed by atoms with E-state index in [2.05, 4.69) is 15.0 Å². The molecule has 0 unspecified atom stereocenters. The van der Waals surface area contributed by atoms with Crippen molar-refractivity contribution < 1.29 is 5.11 Å². The van der Waals surface area contributed by atoms with Gasteiger partial charge >= 0.3 is 0 Å². The van der Waals surface area contributed by atoms with Crippen LogP contribution < -0.4 is 5.56 Å². The highest BCUT2D eigenvalue weighted by Crippen LogP contribution is 2.27. The first-order valence-electron chi connectivity index (χ1n) is 5.79. The van der Waals surface area contributed by atoms with E-state index in [-0.39, 0.29) is 11.3 Å². The topological polar surface area (TPSA) is 78.9 Å². The summed E-state index contributed by atoms with van der Waals surface area (Å²) in [6, 6.07) is 5.52. The average molecular weight is 253 g/mol. The van der Waals surface area contributed by atoms with E-state index in [1.165, 1.54) is 0 Å². The summed E-state index contributed by atoms with van der Waals surface area (Å²) in [5.41, 5.74) is 2.16. The molecule has 0 saturated carbocycles. The van der Waals surface area contributed by atoms with Crippen molar-refractivity contribution in [3.63, 3.8) is 0 Å². The lowest BCUT2D eigenvalue weighted by Gasteiger charge is -2.06. The van der Waals surface area contributed by atoms with Gasteiger partial charge in [0.05, 0.1) is 10.9 Å². The second-order valence-corrected chi connectivity index (χ2v) is 4.28. The number of hydrogen-bond donors (Lipinski definition) is 2. The van der Waals surface area contributed by atoms with Gasteiger partial charge < -0.3 is 10.1 Å². The number of aromatic nitrogens is 3. The third-order valence-electron chi connectivity index (χ3n) is 3.08. The first-order chi connectivity index (χ1) is 9.16. The highest BCUT2D eigenvalue weighted by Gasteiger charge is 2.10. The zero-order valence-corrected chi connectivity index (χ0v) is 10.2. The number of aromatic amines is 1. The van der Waals surface area contributed by atoms with Crippen molar-refractivity contribution in [1.29, 1.82) is 0 Å². The van der Waals surface area contributed by atoms with Gasteiger partial charge in [-0.15, -0.1) is 0 Å². The Morgan fingerprint density at radius 1 is 1.21 bits per heavy atom. The molecule has 0 aliphatic heterocycles. The minimum Gasteiger partial charge on any atom is -0.507 e. The fourth-order valence-electron chi connectivity index (χ4n) is 1.96. The minimum absolute atomic E-state index is 0.0258. The van der Waals surface area contributed by atoms with Crippen LogP contribution in [0.1, 0.15) is 5.56 Å². The van der Waals surface area contributed by atoms with Crippen molar-refractivity contribution in [3.8, 4) is 16.9 Å². The van der Waals surface area contributed by atoms with Gasteiger partial charge in [0.25, 0.3) is 5.56 Å². The summed E-state index contributed by atoms with van der Waals surface area (Å²) in [6.45, 7) is 1.58. The smallest absolute Gasteiger partial charge is 0.256 e. The van der Waals surface area contributed by atoms with Crippen molar-refractivity contribution in [2.75, 3.05) is 0 Å². The highest BCUT2D eigenvalue weighted by atomic mass is 16.3. The molecule has 3 rings (SSSR count). The molecule has 3 heterocycles. The molecule has 5 nitrogen and oxygen atoms in total. The molecule has 0 aromatic carbocycles. The van der Waals surface area contributed by atoms with E-state index in [4.69, 9.17) is 0 Å². The first kappa shape index (κ1) is 11.4. The van der Waals surface area contributed by atoms with Crippen LogP contribution in [0.25, 0.3) is 22.2 Å². The Labute approximate surface area is 108 Å². The van der Waals surface area contributed by atoms with Gasteiger partial charge in [-0.05, 0) is 30.7 Å². The van der Waals surface area contributed by atoms with Gasteiger partial charge in [-0.2, -0.15) is 0 Å². The summed E-state index contributed by atoms with van der Waals surface area (Å²) in [6.07, 6.45) is 5.04. The Kier molecular flexibility index (Phi) is 2.52. The Bertz CT molecular complexity index is 810. The predicted molar refractivity (Wildman–Crippen MR) is 72.0 cm³/mol. The molecule has 0 spiro atoms. The van der Waals surface area contributed by atoms with Crippen molar-refractivity contribution in [2.45, 2.75) is 6.92 Å². The van der Waals surface area contributed by atoms with Gasteiger partial charge in [0.15, 0.2) is 0 Å². The van der Waals surface area contributed by atoms with E-state index in [9.17, 15) is 9.90 Å². The summed E-state index contributed by atoms with van der Waals surface area (Å²) >= 11 is 0. The van der Waals surface area contributed by atoms with Crippen LogP contribution in [0.4, 0.5) is 0 Å². The Balaban J connectivity index is 2.30. The molecule has 0 aliphatic rings. The lowest BCUT2D eigenvalue weighted by atomic mass is 10.1.